The van der Waals surface area contributed by atoms with Gasteiger partial charge in [-0.15, -0.1) is 0 Å². The lowest BCUT2D eigenvalue weighted by atomic mass is 10.1. The van der Waals surface area contributed by atoms with E-state index in [1.165, 1.54) is 6.20 Å². The number of fused-ring (bicyclic) bond motifs is 1. The Morgan fingerprint density at radius 1 is 1.00 bits per heavy atom. The largest absolute Gasteiger partial charge is 0.506 e. The maximum absolute atomic E-state index is 12.1. The number of aliphatic hydroxyl groups is 1. The van der Waals surface area contributed by atoms with Crippen molar-refractivity contribution in [3.63, 3.8) is 0 Å². The molecule has 1 N–H and O–H groups in total. The Kier molecular flexibility index (Phi) is 2.01. The van der Waals surface area contributed by atoms with Gasteiger partial charge in [-0.1, -0.05) is 24.3 Å². The molecule has 0 saturated carbocycles. The fourth-order valence-corrected chi connectivity index (χ4v) is 1.94. The lowest BCUT2D eigenvalue weighted by molar-refractivity contribution is 0.105. The lowest BCUT2D eigenvalue weighted by Gasteiger charge is -1.98. The number of nitrogens with zero attached hydrogens (tertiary/aromatic N) is 2. The number of aromatic nitrogens is 2. The van der Waals surface area contributed by atoms with Crippen molar-refractivity contribution in [3.05, 3.63) is 59.4 Å². The number of carbonyl (C=O) groups excluding carboxylic acids is 1. The van der Waals surface area contributed by atoms with E-state index in [1.54, 1.807) is 36.4 Å². The molecule has 0 bridgehead atoms. The van der Waals surface area contributed by atoms with E-state index >= 15 is 0 Å². The zero-order valence-electron chi connectivity index (χ0n) is 8.79. The number of allylic oxidation sites excluding steroid dienone is 1. The lowest BCUT2D eigenvalue weighted by Crippen LogP contribution is -2.00. The van der Waals surface area contributed by atoms with Crippen molar-refractivity contribution in [2.24, 2.45) is 0 Å². The molecule has 1 heterocycles. The van der Waals surface area contributed by atoms with Gasteiger partial charge in [0.25, 0.3) is 0 Å². The summed E-state index contributed by atoms with van der Waals surface area (Å²) < 4.78 is 0. The van der Waals surface area contributed by atoms with Gasteiger partial charge in [-0.25, -0.2) is 0 Å². The van der Waals surface area contributed by atoms with E-state index in [1.807, 2.05) is 0 Å². The maximum Gasteiger partial charge on any atom is 0.199 e. The minimum absolute atomic E-state index is 0.0221. The van der Waals surface area contributed by atoms with Crippen LogP contribution < -0.4 is 0 Å². The molecule has 0 saturated heterocycles. The van der Waals surface area contributed by atoms with Crippen LogP contribution in [0.3, 0.4) is 0 Å². The second kappa shape index (κ2) is 3.52. The number of hydrogen-bond acceptors (Lipinski definition) is 4. The highest BCUT2D eigenvalue weighted by molar-refractivity contribution is 6.38. The van der Waals surface area contributed by atoms with Crippen molar-refractivity contribution < 1.29 is 9.90 Å². The summed E-state index contributed by atoms with van der Waals surface area (Å²) in [6.45, 7) is 0. The van der Waals surface area contributed by atoms with E-state index in [-0.39, 0.29) is 17.1 Å². The van der Waals surface area contributed by atoms with Gasteiger partial charge in [-0.05, 0) is 12.1 Å². The van der Waals surface area contributed by atoms with Crippen LogP contribution in [-0.4, -0.2) is 21.1 Å². The van der Waals surface area contributed by atoms with Crippen molar-refractivity contribution in [2.75, 3.05) is 0 Å². The molecule has 0 aliphatic heterocycles. The summed E-state index contributed by atoms with van der Waals surface area (Å²) in [6.07, 6.45) is 1.52. The van der Waals surface area contributed by atoms with Gasteiger partial charge in [-0.2, -0.15) is 10.2 Å². The van der Waals surface area contributed by atoms with Crippen LogP contribution in [0.5, 0.6) is 0 Å². The number of hydrogen-bond donors (Lipinski definition) is 1. The van der Waals surface area contributed by atoms with E-state index < -0.39 is 0 Å². The van der Waals surface area contributed by atoms with Gasteiger partial charge in [0.1, 0.15) is 11.5 Å². The molecule has 3 rings (SSSR count). The normalized spacial score (nSPS) is 14.0. The summed E-state index contributed by atoms with van der Waals surface area (Å²) in [7, 11) is 0. The van der Waals surface area contributed by atoms with Crippen LogP contribution in [-0.2, 0) is 0 Å². The highest BCUT2D eigenvalue weighted by atomic mass is 16.3. The summed E-state index contributed by atoms with van der Waals surface area (Å²) in [5, 5.41) is 17.6. The topological polar surface area (TPSA) is 63.1 Å². The third kappa shape index (κ3) is 1.34. The van der Waals surface area contributed by atoms with Crippen molar-refractivity contribution >= 4 is 17.1 Å². The molecule has 82 valence electrons. The molecule has 0 radical (unpaired) electrons. The minimum atomic E-state index is -0.210. The molecule has 17 heavy (non-hydrogen) atoms. The van der Waals surface area contributed by atoms with Crippen molar-refractivity contribution in [1.82, 2.24) is 10.2 Å². The van der Waals surface area contributed by atoms with Crippen LogP contribution in [0.2, 0.25) is 0 Å². The first-order valence-corrected chi connectivity index (χ1v) is 5.14. The minimum Gasteiger partial charge on any atom is -0.506 e. The van der Waals surface area contributed by atoms with E-state index in [0.29, 0.717) is 16.8 Å². The summed E-state index contributed by atoms with van der Waals surface area (Å²) in [5.41, 5.74) is 1.68. The van der Waals surface area contributed by atoms with Gasteiger partial charge in [0.2, 0.25) is 0 Å². The first kappa shape index (κ1) is 9.72. The molecule has 2 aromatic rings. The zero-order chi connectivity index (χ0) is 11.8. The number of ketones is 1. The molecule has 1 aliphatic rings. The zero-order valence-corrected chi connectivity index (χ0v) is 8.79. The van der Waals surface area contributed by atoms with Crippen LogP contribution >= 0.6 is 0 Å². The predicted molar refractivity (Wildman–Crippen MR) is 62.2 cm³/mol. The molecule has 0 atom stereocenters. The van der Waals surface area contributed by atoms with Crippen molar-refractivity contribution in [2.45, 2.75) is 0 Å². The Balaban J connectivity index is 2.22. The molecule has 4 nitrogen and oxygen atoms in total. The highest BCUT2D eigenvalue weighted by Crippen LogP contribution is 2.35. The Morgan fingerprint density at radius 3 is 2.41 bits per heavy atom. The van der Waals surface area contributed by atoms with E-state index in [0.717, 1.165) is 0 Å². The number of Topliss-reactive ketones (excluding diaryl/α,β-unsaturated/α-hetero) is 1. The van der Waals surface area contributed by atoms with Gasteiger partial charge in [0, 0.05) is 17.3 Å². The van der Waals surface area contributed by atoms with Gasteiger partial charge in [0.15, 0.2) is 5.78 Å². The van der Waals surface area contributed by atoms with Crippen LogP contribution in [0.15, 0.2) is 42.6 Å². The molecular formula is C13H8N2O2. The number of rotatable bonds is 1. The van der Waals surface area contributed by atoms with Gasteiger partial charge >= 0.3 is 0 Å². The van der Waals surface area contributed by atoms with Gasteiger partial charge < -0.3 is 5.11 Å². The standard InChI is InChI=1S/C13H8N2O2/c16-12-8-4-1-2-5-9(8)13(17)11(12)10-6-3-7-14-15-10/h1-7,16H. The monoisotopic (exact) mass is 224 g/mol. The number of carbonyl (C=O) groups is 1. The fraction of sp³-hybridized carbons (Fsp3) is 0. The van der Waals surface area contributed by atoms with Gasteiger partial charge in [0.05, 0.1) is 5.57 Å². The summed E-state index contributed by atoms with van der Waals surface area (Å²) >= 11 is 0. The Bertz CT molecular complexity index is 633. The molecule has 0 spiro atoms. The highest BCUT2D eigenvalue weighted by Gasteiger charge is 2.31. The maximum atomic E-state index is 12.1. The average molecular weight is 224 g/mol. The predicted octanol–water partition coefficient (Wildman–Crippen LogP) is 2.10. The second-order valence-corrected chi connectivity index (χ2v) is 3.71. The molecule has 0 fully saturated rings. The van der Waals surface area contributed by atoms with Crippen LogP contribution in [0.25, 0.3) is 11.3 Å². The SMILES string of the molecule is O=C1C(c2cccnn2)=C(O)c2ccccc21. The number of benzene rings is 1. The Labute approximate surface area is 97.3 Å². The molecule has 1 aromatic heterocycles. The van der Waals surface area contributed by atoms with Crippen LogP contribution in [0.4, 0.5) is 0 Å². The van der Waals surface area contributed by atoms with E-state index in [4.69, 9.17) is 0 Å². The molecule has 0 amide bonds. The van der Waals surface area contributed by atoms with Crippen molar-refractivity contribution in [1.29, 1.82) is 0 Å². The average Bonchev–Trinajstić information content (AvgIpc) is 2.64. The molecular weight excluding hydrogens is 216 g/mol. The first-order chi connectivity index (χ1) is 8.29. The molecule has 0 unspecified atom stereocenters. The quantitative estimate of drug-likeness (QED) is 0.805. The third-order valence-electron chi connectivity index (χ3n) is 2.72. The van der Waals surface area contributed by atoms with Gasteiger partial charge in [-0.3, -0.25) is 4.79 Å². The number of aliphatic hydroxyl groups excluding tert-OH is 1. The van der Waals surface area contributed by atoms with E-state index in [2.05, 4.69) is 10.2 Å². The van der Waals surface area contributed by atoms with Crippen LogP contribution in [0.1, 0.15) is 21.6 Å². The Hall–Kier alpha value is -2.49. The van der Waals surface area contributed by atoms with Crippen LogP contribution in [0, 0.1) is 0 Å². The smallest absolute Gasteiger partial charge is 0.199 e. The fourth-order valence-electron chi connectivity index (χ4n) is 1.94. The summed E-state index contributed by atoms with van der Waals surface area (Å²) in [4.78, 5) is 12.1. The molecule has 1 aromatic carbocycles. The molecule has 4 heteroatoms. The second-order valence-electron chi connectivity index (χ2n) is 3.71. The van der Waals surface area contributed by atoms with Crippen molar-refractivity contribution in [3.8, 4) is 0 Å². The first-order valence-electron chi connectivity index (χ1n) is 5.14. The van der Waals surface area contributed by atoms with E-state index in [9.17, 15) is 9.90 Å². The molecule has 1 aliphatic carbocycles. The summed E-state index contributed by atoms with van der Waals surface area (Å²) in [5.74, 6) is -0.232. The third-order valence-corrected chi connectivity index (χ3v) is 2.72. The summed E-state index contributed by atoms with van der Waals surface area (Å²) in [6, 6.07) is 10.3. The Morgan fingerprint density at radius 2 is 1.76 bits per heavy atom.